The number of halogens is 3. The first kappa shape index (κ1) is 25.8. The molecule has 0 aliphatic carbocycles. The van der Waals surface area contributed by atoms with Crippen LogP contribution in [0.1, 0.15) is 33.8 Å². The average Bonchev–Trinajstić information content (AvgIpc) is 2.90. The molecule has 1 atom stereocenters. The number of hydrogen-bond donors (Lipinski definition) is 1. The highest BCUT2D eigenvalue weighted by atomic mass is 35.5. The van der Waals surface area contributed by atoms with E-state index < -0.39 is 11.9 Å². The van der Waals surface area contributed by atoms with Gasteiger partial charge in [-0.15, -0.1) is 0 Å². The molecule has 1 aliphatic rings. The molecule has 0 bridgehead atoms. The summed E-state index contributed by atoms with van der Waals surface area (Å²) in [6.07, 6.45) is 0.467. The minimum absolute atomic E-state index is 0.0970. The Morgan fingerprint density at radius 1 is 0.974 bits per heavy atom. The zero-order chi connectivity index (χ0) is 26.8. The van der Waals surface area contributed by atoms with Gasteiger partial charge in [0.25, 0.3) is 0 Å². The predicted octanol–water partition coefficient (Wildman–Crippen LogP) is 7.97. The van der Waals surface area contributed by atoms with E-state index in [0.717, 1.165) is 0 Å². The molecule has 0 saturated heterocycles. The van der Waals surface area contributed by atoms with E-state index in [1.54, 1.807) is 72.8 Å². The number of carboxylic acid groups (broad SMARTS) is 1. The van der Waals surface area contributed by atoms with Crippen LogP contribution in [-0.4, -0.2) is 23.5 Å². The van der Waals surface area contributed by atoms with Crippen molar-refractivity contribution in [2.24, 2.45) is 0 Å². The normalized spacial score (nSPS) is 14.3. The van der Waals surface area contributed by atoms with Gasteiger partial charge in [0.15, 0.2) is 5.78 Å². The van der Waals surface area contributed by atoms with Crippen LogP contribution >= 0.6 is 23.2 Å². The molecule has 38 heavy (non-hydrogen) atoms. The van der Waals surface area contributed by atoms with Crippen LogP contribution in [0.4, 0.5) is 4.39 Å². The molecular formula is C30H21Cl2FO5. The summed E-state index contributed by atoms with van der Waals surface area (Å²) in [5, 5.41) is 10.3. The Bertz CT molecular complexity index is 1520. The lowest BCUT2D eigenvalue weighted by atomic mass is 9.93. The van der Waals surface area contributed by atoms with Crippen molar-refractivity contribution in [3.63, 3.8) is 0 Å². The Balaban J connectivity index is 1.29. The quantitative estimate of drug-likeness (QED) is 0.236. The maximum Gasteiger partial charge on any atom is 0.311 e. The molecule has 1 aliphatic heterocycles. The van der Waals surface area contributed by atoms with Crippen molar-refractivity contribution in [1.29, 1.82) is 0 Å². The average molecular weight is 551 g/mol. The predicted molar refractivity (Wildman–Crippen MR) is 143 cm³/mol. The third kappa shape index (κ3) is 5.52. The Labute approximate surface area is 228 Å². The highest BCUT2D eigenvalue weighted by Gasteiger charge is 2.29. The number of aliphatic carboxylic acids is 1. The van der Waals surface area contributed by atoms with Crippen LogP contribution in [0.15, 0.2) is 78.9 Å². The van der Waals surface area contributed by atoms with Crippen LogP contribution in [0.5, 0.6) is 17.2 Å². The zero-order valence-electron chi connectivity index (χ0n) is 19.9. The number of carbonyl (C=O) groups excluding carboxylic acids is 1. The number of carbonyl (C=O) groups is 2. The standard InChI is InChI=1S/C30H21Cl2FO5/c31-20-6-2-18(3-7-20)23-13-17(1-10-26(23)33)14-27(34)19-4-8-21(9-5-19)38-29-16-28-24(15-25(29)32)22(30(35)36)11-12-37-28/h1-10,13,15-16,22H,11-12,14H2,(H,35,36). The molecule has 4 aromatic carbocycles. The molecule has 4 aromatic rings. The Morgan fingerprint density at radius 2 is 1.71 bits per heavy atom. The summed E-state index contributed by atoms with van der Waals surface area (Å²) < 4.78 is 25.9. The van der Waals surface area contributed by atoms with E-state index in [4.69, 9.17) is 32.7 Å². The molecule has 5 rings (SSSR count). The number of ether oxygens (including phenoxy) is 2. The molecule has 0 saturated carbocycles. The molecule has 8 heteroatoms. The van der Waals surface area contributed by atoms with Crippen LogP contribution < -0.4 is 9.47 Å². The van der Waals surface area contributed by atoms with Crippen LogP contribution in [0.3, 0.4) is 0 Å². The molecule has 5 nitrogen and oxygen atoms in total. The first-order valence-corrected chi connectivity index (χ1v) is 12.6. The monoisotopic (exact) mass is 550 g/mol. The zero-order valence-corrected chi connectivity index (χ0v) is 21.4. The molecular weight excluding hydrogens is 530 g/mol. The van der Waals surface area contributed by atoms with Gasteiger partial charge < -0.3 is 14.6 Å². The second-order valence-electron chi connectivity index (χ2n) is 8.90. The second-order valence-corrected chi connectivity index (χ2v) is 9.74. The summed E-state index contributed by atoms with van der Waals surface area (Å²) in [6.45, 7) is 0.289. The van der Waals surface area contributed by atoms with Gasteiger partial charge in [-0.1, -0.05) is 41.4 Å². The van der Waals surface area contributed by atoms with Gasteiger partial charge in [-0.2, -0.15) is 0 Å². The molecule has 192 valence electrons. The van der Waals surface area contributed by atoms with Crippen LogP contribution in [0, 0.1) is 5.82 Å². The number of fused-ring (bicyclic) bond motifs is 1. The summed E-state index contributed by atoms with van der Waals surface area (Å²) in [6, 6.07) is 21.2. The SMILES string of the molecule is O=C(Cc1ccc(F)c(-c2ccc(Cl)cc2)c1)c1ccc(Oc2cc3c(cc2Cl)C(C(=O)O)CCO3)cc1. The number of benzene rings is 4. The fourth-order valence-corrected chi connectivity index (χ4v) is 4.72. The first-order chi connectivity index (χ1) is 18.3. The summed E-state index contributed by atoms with van der Waals surface area (Å²) in [4.78, 5) is 24.5. The van der Waals surface area contributed by atoms with Crippen molar-refractivity contribution in [3.05, 3.63) is 111 Å². The molecule has 0 amide bonds. The molecule has 1 unspecified atom stereocenters. The third-order valence-electron chi connectivity index (χ3n) is 6.36. The molecule has 0 spiro atoms. The summed E-state index contributed by atoms with van der Waals surface area (Å²) >= 11 is 12.3. The van der Waals surface area contributed by atoms with E-state index in [0.29, 0.717) is 56.5 Å². The van der Waals surface area contributed by atoms with Gasteiger partial charge in [0, 0.05) is 34.2 Å². The van der Waals surface area contributed by atoms with Crippen molar-refractivity contribution in [3.8, 4) is 28.4 Å². The molecule has 0 fully saturated rings. The van der Waals surface area contributed by atoms with Gasteiger partial charge in [-0.3, -0.25) is 9.59 Å². The lowest BCUT2D eigenvalue weighted by Gasteiger charge is -2.24. The van der Waals surface area contributed by atoms with Crippen molar-refractivity contribution >= 4 is 35.0 Å². The highest BCUT2D eigenvalue weighted by molar-refractivity contribution is 6.32. The number of Topliss-reactive ketones (excluding diaryl/α,β-unsaturated/α-hetero) is 1. The topological polar surface area (TPSA) is 72.8 Å². The van der Waals surface area contributed by atoms with Crippen molar-refractivity contribution in [2.45, 2.75) is 18.8 Å². The second kappa shape index (κ2) is 10.9. The molecule has 1 heterocycles. The van der Waals surface area contributed by atoms with Crippen molar-refractivity contribution in [1.82, 2.24) is 0 Å². The third-order valence-corrected chi connectivity index (χ3v) is 6.90. The maximum absolute atomic E-state index is 14.4. The van der Waals surface area contributed by atoms with E-state index >= 15 is 0 Å². The Hall–Kier alpha value is -3.87. The van der Waals surface area contributed by atoms with E-state index in [2.05, 4.69) is 0 Å². The summed E-state index contributed by atoms with van der Waals surface area (Å²) in [7, 11) is 0. The number of carboxylic acids is 1. The minimum atomic E-state index is -0.929. The summed E-state index contributed by atoms with van der Waals surface area (Å²) in [5.41, 5.74) is 2.74. The fourth-order valence-electron chi connectivity index (χ4n) is 4.38. The smallest absolute Gasteiger partial charge is 0.311 e. The lowest BCUT2D eigenvalue weighted by molar-refractivity contribution is -0.139. The summed E-state index contributed by atoms with van der Waals surface area (Å²) in [5.74, 6) is -0.940. The van der Waals surface area contributed by atoms with E-state index in [1.165, 1.54) is 6.07 Å². The van der Waals surface area contributed by atoms with Gasteiger partial charge in [0.1, 0.15) is 23.1 Å². The van der Waals surface area contributed by atoms with E-state index in [9.17, 15) is 19.1 Å². The maximum atomic E-state index is 14.4. The van der Waals surface area contributed by atoms with Crippen LogP contribution in [0.25, 0.3) is 11.1 Å². The van der Waals surface area contributed by atoms with Gasteiger partial charge in [-0.25, -0.2) is 4.39 Å². The Kier molecular flexibility index (Phi) is 7.36. The van der Waals surface area contributed by atoms with Gasteiger partial charge >= 0.3 is 5.97 Å². The number of rotatable bonds is 7. The van der Waals surface area contributed by atoms with Gasteiger partial charge in [0.2, 0.25) is 0 Å². The van der Waals surface area contributed by atoms with Crippen LogP contribution in [0.2, 0.25) is 10.0 Å². The largest absolute Gasteiger partial charge is 0.493 e. The molecule has 0 aromatic heterocycles. The molecule has 1 N–H and O–H groups in total. The van der Waals surface area contributed by atoms with E-state index in [-0.39, 0.29) is 29.7 Å². The van der Waals surface area contributed by atoms with E-state index in [1.807, 2.05) is 0 Å². The highest BCUT2D eigenvalue weighted by Crippen LogP contribution is 2.42. The minimum Gasteiger partial charge on any atom is -0.493 e. The fraction of sp³-hybridized carbons (Fsp3) is 0.133. The lowest BCUT2D eigenvalue weighted by Crippen LogP contribution is -2.20. The number of ketones is 1. The first-order valence-electron chi connectivity index (χ1n) is 11.8. The van der Waals surface area contributed by atoms with Gasteiger partial charge in [-0.05, 0) is 72.1 Å². The van der Waals surface area contributed by atoms with Crippen molar-refractivity contribution in [2.75, 3.05) is 6.61 Å². The van der Waals surface area contributed by atoms with Crippen molar-refractivity contribution < 1.29 is 28.6 Å². The molecule has 0 radical (unpaired) electrons. The van der Waals surface area contributed by atoms with Crippen LogP contribution in [-0.2, 0) is 11.2 Å². The Morgan fingerprint density at radius 3 is 2.42 bits per heavy atom. The van der Waals surface area contributed by atoms with Gasteiger partial charge in [0.05, 0.1) is 17.5 Å². The number of hydrogen-bond acceptors (Lipinski definition) is 4.